The van der Waals surface area contributed by atoms with Crippen LogP contribution in [0.3, 0.4) is 0 Å². The van der Waals surface area contributed by atoms with Gasteiger partial charge in [0.2, 0.25) is 0 Å². The van der Waals surface area contributed by atoms with E-state index in [9.17, 15) is 4.79 Å². The Morgan fingerprint density at radius 3 is 2.54 bits per heavy atom. The van der Waals surface area contributed by atoms with Crippen LogP contribution in [0.25, 0.3) is 16.9 Å². The van der Waals surface area contributed by atoms with Crippen LogP contribution in [0.15, 0.2) is 30.3 Å². The Bertz CT molecular complexity index is 1110. The molecule has 0 bridgehead atoms. The molecular formula is C20H17Cl2N3O3. The molecule has 1 amide bonds. The summed E-state index contributed by atoms with van der Waals surface area (Å²) < 4.78 is 12.6. The van der Waals surface area contributed by atoms with Crippen molar-refractivity contribution < 1.29 is 14.3 Å². The Balaban J connectivity index is 2.02. The molecule has 6 nitrogen and oxygen atoms in total. The van der Waals surface area contributed by atoms with E-state index in [1.165, 1.54) is 0 Å². The fourth-order valence-electron chi connectivity index (χ4n) is 3.50. The number of ether oxygens (including phenoxy) is 2. The van der Waals surface area contributed by atoms with Gasteiger partial charge in [0.1, 0.15) is 0 Å². The van der Waals surface area contributed by atoms with Crippen molar-refractivity contribution in [3.63, 3.8) is 0 Å². The third-order valence-electron chi connectivity index (χ3n) is 4.79. The van der Waals surface area contributed by atoms with E-state index in [1.807, 2.05) is 12.1 Å². The van der Waals surface area contributed by atoms with Gasteiger partial charge in [0.15, 0.2) is 17.2 Å². The number of nitrogens with one attached hydrogen (secondary N) is 1. The SMILES string of the molecule is CNC(=O)c1nn(-c2cc(Cl)ccc2Cl)c2c1Cc1cc(OC)c(OC)cc1-2. The molecule has 1 N–H and O–H groups in total. The molecule has 28 heavy (non-hydrogen) atoms. The zero-order valence-electron chi connectivity index (χ0n) is 15.5. The summed E-state index contributed by atoms with van der Waals surface area (Å²) >= 11 is 12.6. The van der Waals surface area contributed by atoms with Gasteiger partial charge in [-0.05, 0) is 35.9 Å². The lowest BCUT2D eigenvalue weighted by Crippen LogP contribution is -2.20. The average Bonchev–Trinajstić information content (AvgIpc) is 3.24. The third kappa shape index (κ3) is 2.80. The standard InChI is InChI=1S/C20H17Cl2N3O3/c1-23-20(26)18-13-6-10-7-16(27-2)17(28-3)9-12(10)19(13)25(24-18)15-8-11(21)4-5-14(15)22/h4-5,7-9H,6H2,1-3H3,(H,23,26). The van der Waals surface area contributed by atoms with Gasteiger partial charge in [-0.2, -0.15) is 5.10 Å². The number of carbonyl (C=O) groups is 1. The molecule has 0 aliphatic heterocycles. The number of nitrogens with zero attached hydrogens (tertiary/aromatic N) is 2. The highest BCUT2D eigenvalue weighted by atomic mass is 35.5. The number of rotatable bonds is 4. The molecule has 1 aromatic heterocycles. The van der Waals surface area contributed by atoms with Crippen LogP contribution < -0.4 is 14.8 Å². The van der Waals surface area contributed by atoms with E-state index in [4.69, 9.17) is 32.7 Å². The zero-order valence-corrected chi connectivity index (χ0v) is 17.0. The minimum atomic E-state index is -0.264. The van der Waals surface area contributed by atoms with Crippen molar-refractivity contribution in [2.24, 2.45) is 0 Å². The summed E-state index contributed by atoms with van der Waals surface area (Å²) in [6.45, 7) is 0. The summed E-state index contributed by atoms with van der Waals surface area (Å²) in [5.41, 5.74) is 4.48. The lowest BCUT2D eigenvalue weighted by atomic mass is 10.1. The largest absolute Gasteiger partial charge is 0.493 e. The Kier molecular flexibility index (Phi) is 4.69. The van der Waals surface area contributed by atoms with Crippen LogP contribution in [0, 0.1) is 0 Å². The number of hydrogen-bond acceptors (Lipinski definition) is 4. The van der Waals surface area contributed by atoms with Crippen LogP contribution >= 0.6 is 23.2 Å². The first-order chi connectivity index (χ1) is 13.5. The van der Waals surface area contributed by atoms with E-state index >= 15 is 0 Å². The molecule has 0 atom stereocenters. The predicted molar refractivity (Wildman–Crippen MR) is 108 cm³/mol. The maximum atomic E-state index is 12.5. The molecule has 0 unspecified atom stereocenters. The molecule has 0 saturated heterocycles. The van der Waals surface area contributed by atoms with Crippen molar-refractivity contribution in [3.8, 4) is 28.4 Å². The lowest BCUT2D eigenvalue weighted by molar-refractivity contribution is 0.0957. The van der Waals surface area contributed by atoms with Crippen molar-refractivity contribution in [2.75, 3.05) is 21.3 Å². The van der Waals surface area contributed by atoms with Crippen molar-refractivity contribution >= 4 is 29.1 Å². The van der Waals surface area contributed by atoms with Gasteiger partial charge in [-0.15, -0.1) is 0 Å². The van der Waals surface area contributed by atoms with Crippen LogP contribution in [-0.2, 0) is 6.42 Å². The Morgan fingerprint density at radius 1 is 1.14 bits per heavy atom. The molecule has 1 aliphatic carbocycles. The summed E-state index contributed by atoms with van der Waals surface area (Å²) in [5, 5.41) is 8.21. The number of methoxy groups -OCH3 is 2. The summed E-state index contributed by atoms with van der Waals surface area (Å²) in [6, 6.07) is 8.95. The van der Waals surface area contributed by atoms with Crippen LogP contribution in [0.5, 0.6) is 11.5 Å². The number of aromatic nitrogens is 2. The number of amides is 1. The quantitative estimate of drug-likeness (QED) is 0.542. The van der Waals surface area contributed by atoms with Crippen LogP contribution in [0.4, 0.5) is 0 Å². The van der Waals surface area contributed by atoms with Gasteiger partial charge in [-0.1, -0.05) is 23.2 Å². The number of hydrogen-bond donors (Lipinski definition) is 1. The van der Waals surface area contributed by atoms with Gasteiger partial charge in [0.25, 0.3) is 5.91 Å². The molecule has 0 radical (unpaired) electrons. The maximum Gasteiger partial charge on any atom is 0.271 e. The topological polar surface area (TPSA) is 65.4 Å². The second kappa shape index (κ2) is 7.04. The third-order valence-corrected chi connectivity index (χ3v) is 5.35. The van der Waals surface area contributed by atoms with E-state index in [2.05, 4.69) is 10.4 Å². The first kappa shape index (κ1) is 18.7. The Hall–Kier alpha value is -2.70. The molecule has 144 valence electrons. The number of halogens is 2. The molecule has 1 heterocycles. The zero-order chi connectivity index (χ0) is 20.0. The molecular weight excluding hydrogens is 401 g/mol. The first-order valence-electron chi connectivity index (χ1n) is 8.53. The molecule has 2 aromatic carbocycles. The Morgan fingerprint density at radius 2 is 1.86 bits per heavy atom. The molecule has 0 spiro atoms. The highest BCUT2D eigenvalue weighted by Gasteiger charge is 2.32. The molecule has 0 saturated carbocycles. The minimum Gasteiger partial charge on any atom is -0.493 e. The molecule has 3 aromatic rings. The first-order valence-corrected chi connectivity index (χ1v) is 9.28. The Labute approximate surface area is 172 Å². The summed E-state index contributed by atoms with van der Waals surface area (Å²) in [6.07, 6.45) is 0.548. The van der Waals surface area contributed by atoms with Gasteiger partial charge in [0.05, 0.1) is 30.6 Å². The number of benzene rings is 2. The second-order valence-corrected chi connectivity index (χ2v) is 7.15. The van der Waals surface area contributed by atoms with Gasteiger partial charge >= 0.3 is 0 Å². The van der Waals surface area contributed by atoms with E-state index in [0.29, 0.717) is 39.3 Å². The molecule has 1 aliphatic rings. The smallest absolute Gasteiger partial charge is 0.271 e. The summed E-state index contributed by atoms with van der Waals surface area (Å²) in [4.78, 5) is 12.5. The second-order valence-electron chi connectivity index (χ2n) is 6.30. The van der Waals surface area contributed by atoms with E-state index in [0.717, 1.165) is 22.4 Å². The van der Waals surface area contributed by atoms with Crippen LogP contribution in [0.1, 0.15) is 21.6 Å². The van der Waals surface area contributed by atoms with E-state index in [-0.39, 0.29) is 5.91 Å². The predicted octanol–water partition coefficient (Wildman–Crippen LogP) is 4.13. The average molecular weight is 418 g/mol. The molecule has 0 fully saturated rings. The van der Waals surface area contributed by atoms with Gasteiger partial charge < -0.3 is 14.8 Å². The van der Waals surface area contributed by atoms with Crippen LogP contribution in [0.2, 0.25) is 10.0 Å². The summed E-state index contributed by atoms with van der Waals surface area (Å²) in [5.74, 6) is 0.966. The monoisotopic (exact) mass is 417 g/mol. The van der Waals surface area contributed by atoms with Gasteiger partial charge in [-0.25, -0.2) is 4.68 Å². The van der Waals surface area contributed by atoms with Crippen molar-refractivity contribution in [2.45, 2.75) is 6.42 Å². The maximum absolute atomic E-state index is 12.5. The van der Waals surface area contributed by atoms with Crippen molar-refractivity contribution in [3.05, 3.63) is 57.2 Å². The highest BCUT2D eigenvalue weighted by Crippen LogP contribution is 2.45. The number of fused-ring (bicyclic) bond motifs is 3. The minimum absolute atomic E-state index is 0.264. The van der Waals surface area contributed by atoms with Crippen molar-refractivity contribution in [1.82, 2.24) is 15.1 Å². The van der Waals surface area contributed by atoms with Gasteiger partial charge in [0, 0.05) is 29.6 Å². The number of carbonyl (C=O) groups excluding carboxylic acids is 1. The lowest BCUT2D eigenvalue weighted by Gasteiger charge is -2.13. The van der Waals surface area contributed by atoms with Crippen molar-refractivity contribution in [1.29, 1.82) is 0 Å². The fourth-order valence-corrected chi connectivity index (χ4v) is 3.86. The van der Waals surface area contributed by atoms with Gasteiger partial charge in [-0.3, -0.25) is 4.79 Å². The van der Waals surface area contributed by atoms with Crippen LogP contribution in [-0.4, -0.2) is 37.0 Å². The molecule has 4 rings (SSSR count). The molecule has 8 heteroatoms. The normalized spacial score (nSPS) is 11.8. The highest BCUT2D eigenvalue weighted by molar-refractivity contribution is 6.34. The summed E-state index contributed by atoms with van der Waals surface area (Å²) in [7, 11) is 4.76. The fraction of sp³-hybridized carbons (Fsp3) is 0.200. The van der Waals surface area contributed by atoms with E-state index in [1.54, 1.807) is 44.1 Å². The van der Waals surface area contributed by atoms with E-state index < -0.39 is 0 Å².